The van der Waals surface area contributed by atoms with E-state index < -0.39 is 12.1 Å². The van der Waals surface area contributed by atoms with Crippen LogP contribution in [0.3, 0.4) is 0 Å². The fourth-order valence-electron chi connectivity index (χ4n) is 2.34. The standard InChI is InChI=1S/C12H18F3N3/c1-2-18-8-9(6-17-18)5-11-4-3-10(7-16-11)12(13,14)15/h6,8,10-11,16H,2-5,7H2,1H3. The lowest BCUT2D eigenvalue weighted by Gasteiger charge is -2.30. The molecule has 2 rings (SSSR count). The van der Waals surface area contributed by atoms with Gasteiger partial charge in [0.2, 0.25) is 0 Å². The molecule has 1 aromatic rings. The van der Waals surface area contributed by atoms with E-state index in [1.165, 1.54) is 0 Å². The monoisotopic (exact) mass is 261 g/mol. The molecule has 2 atom stereocenters. The van der Waals surface area contributed by atoms with Crippen LogP contribution in [0.25, 0.3) is 0 Å². The first-order valence-corrected chi connectivity index (χ1v) is 6.30. The van der Waals surface area contributed by atoms with Crippen LogP contribution in [-0.2, 0) is 13.0 Å². The van der Waals surface area contributed by atoms with E-state index in [1.807, 2.05) is 17.8 Å². The van der Waals surface area contributed by atoms with Gasteiger partial charge in [0.25, 0.3) is 0 Å². The Bertz CT molecular complexity index is 378. The number of hydrogen-bond acceptors (Lipinski definition) is 2. The van der Waals surface area contributed by atoms with Crippen LogP contribution < -0.4 is 5.32 Å². The minimum atomic E-state index is -4.06. The summed E-state index contributed by atoms with van der Waals surface area (Å²) in [6.45, 7) is 2.86. The highest BCUT2D eigenvalue weighted by Crippen LogP contribution is 2.32. The predicted molar refractivity (Wildman–Crippen MR) is 62.2 cm³/mol. The molecule has 102 valence electrons. The zero-order chi connectivity index (χ0) is 13.2. The van der Waals surface area contributed by atoms with E-state index in [0.717, 1.165) is 18.5 Å². The maximum Gasteiger partial charge on any atom is 0.393 e. The van der Waals surface area contributed by atoms with Crippen LogP contribution in [0.1, 0.15) is 25.3 Å². The first-order valence-electron chi connectivity index (χ1n) is 6.30. The predicted octanol–water partition coefficient (Wildman–Crippen LogP) is 2.38. The average molecular weight is 261 g/mol. The Morgan fingerprint density at radius 2 is 2.22 bits per heavy atom. The van der Waals surface area contributed by atoms with Crippen molar-refractivity contribution in [1.82, 2.24) is 15.1 Å². The molecule has 0 radical (unpaired) electrons. The molecule has 0 aliphatic carbocycles. The van der Waals surface area contributed by atoms with Crippen molar-refractivity contribution >= 4 is 0 Å². The molecule has 1 aromatic heterocycles. The highest BCUT2D eigenvalue weighted by atomic mass is 19.4. The molecule has 2 unspecified atom stereocenters. The molecule has 6 heteroatoms. The molecule has 3 nitrogen and oxygen atoms in total. The topological polar surface area (TPSA) is 29.9 Å². The molecule has 2 heterocycles. The number of rotatable bonds is 3. The summed E-state index contributed by atoms with van der Waals surface area (Å²) in [7, 11) is 0. The van der Waals surface area contributed by atoms with Gasteiger partial charge in [-0.05, 0) is 31.7 Å². The third kappa shape index (κ3) is 3.25. The summed E-state index contributed by atoms with van der Waals surface area (Å²) in [6.07, 6.45) is 1.23. The molecule has 0 aromatic carbocycles. The molecule has 1 aliphatic heterocycles. The van der Waals surface area contributed by atoms with E-state index in [0.29, 0.717) is 6.42 Å². The van der Waals surface area contributed by atoms with Crippen LogP contribution in [0.4, 0.5) is 13.2 Å². The van der Waals surface area contributed by atoms with E-state index in [-0.39, 0.29) is 19.0 Å². The Kier molecular flexibility index (Phi) is 3.94. The molecule has 0 spiro atoms. The van der Waals surface area contributed by atoms with Crippen molar-refractivity contribution in [3.8, 4) is 0 Å². The average Bonchev–Trinajstić information content (AvgIpc) is 2.76. The molecule has 0 saturated carbocycles. The van der Waals surface area contributed by atoms with Gasteiger partial charge in [-0.1, -0.05) is 0 Å². The number of piperidine rings is 1. The Morgan fingerprint density at radius 3 is 2.72 bits per heavy atom. The number of aromatic nitrogens is 2. The molecule has 0 amide bonds. The van der Waals surface area contributed by atoms with Crippen molar-refractivity contribution in [2.24, 2.45) is 5.92 Å². The summed E-state index contributed by atoms with van der Waals surface area (Å²) in [5, 5.41) is 7.16. The number of alkyl halides is 3. The van der Waals surface area contributed by atoms with Crippen LogP contribution in [0.5, 0.6) is 0 Å². The van der Waals surface area contributed by atoms with E-state index >= 15 is 0 Å². The quantitative estimate of drug-likeness (QED) is 0.905. The van der Waals surface area contributed by atoms with Gasteiger partial charge >= 0.3 is 6.18 Å². The second-order valence-electron chi connectivity index (χ2n) is 4.83. The van der Waals surface area contributed by atoms with Gasteiger partial charge < -0.3 is 5.32 Å². The zero-order valence-electron chi connectivity index (χ0n) is 10.4. The lowest BCUT2D eigenvalue weighted by atomic mass is 9.91. The lowest BCUT2D eigenvalue weighted by molar-refractivity contribution is -0.179. The Hall–Kier alpha value is -1.04. The smallest absolute Gasteiger partial charge is 0.313 e. The third-order valence-electron chi connectivity index (χ3n) is 3.47. The summed E-state index contributed by atoms with van der Waals surface area (Å²) >= 11 is 0. The first kappa shape index (κ1) is 13.4. The van der Waals surface area contributed by atoms with E-state index in [4.69, 9.17) is 0 Å². The minimum absolute atomic E-state index is 0.0378. The van der Waals surface area contributed by atoms with Gasteiger partial charge in [-0.2, -0.15) is 18.3 Å². The first-order chi connectivity index (χ1) is 8.49. The van der Waals surface area contributed by atoms with Crippen molar-refractivity contribution in [2.75, 3.05) is 6.54 Å². The van der Waals surface area contributed by atoms with Crippen LogP contribution in [0.15, 0.2) is 12.4 Å². The van der Waals surface area contributed by atoms with Crippen molar-refractivity contribution in [3.63, 3.8) is 0 Å². The maximum atomic E-state index is 12.5. The number of aryl methyl sites for hydroxylation is 1. The maximum absolute atomic E-state index is 12.5. The summed E-state index contributed by atoms with van der Waals surface area (Å²) in [5.74, 6) is -1.19. The summed E-state index contributed by atoms with van der Waals surface area (Å²) in [5.41, 5.74) is 1.08. The van der Waals surface area contributed by atoms with Gasteiger partial charge in [0.1, 0.15) is 0 Å². The molecule has 1 aliphatic rings. The van der Waals surface area contributed by atoms with Gasteiger partial charge in [0.15, 0.2) is 0 Å². The van der Waals surface area contributed by atoms with Gasteiger partial charge in [-0.25, -0.2) is 0 Å². The summed E-state index contributed by atoms with van der Waals surface area (Å²) < 4.78 is 39.3. The summed E-state index contributed by atoms with van der Waals surface area (Å²) in [6, 6.07) is 0.137. The van der Waals surface area contributed by atoms with Gasteiger partial charge in [-0.15, -0.1) is 0 Å². The Labute approximate surface area is 104 Å². The number of halogens is 3. The third-order valence-corrected chi connectivity index (χ3v) is 3.47. The zero-order valence-corrected chi connectivity index (χ0v) is 10.4. The van der Waals surface area contributed by atoms with Crippen molar-refractivity contribution in [1.29, 1.82) is 0 Å². The van der Waals surface area contributed by atoms with Crippen LogP contribution >= 0.6 is 0 Å². The fraction of sp³-hybridized carbons (Fsp3) is 0.750. The molecule has 18 heavy (non-hydrogen) atoms. The largest absolute Gasteiger partial charge is 0.393 e. The Balaban J connectivity index is 1.83. The molecular weight excluding hydrogens is 243 g/mol. The molecule has 1 N–H and O–H groups in total. The highest BCUT2D eigenvalue weighted by molar-refractivity contribution is 5.06. The molecule has 0 bridgehead atoms. The van der Waals surface area contributed by atoms with E-state index in [1.54, 1.807) is 6.20 Å². The van der Waals surface area contributed by atoms with Crippen molar-refractivity contribution in [3.05, 3.63) is 18.0 Å². The lowest BCUT2D eigenvalue weighted by Crippen LogP contribution is -2.45. The fourth-order valence-corrected chi connectivity index (χ4v) is 2.34. The normalized spacial score (nSPS) is 25.3. The molecule has 1 fully saturated rings. The number of hydrogen-bond donors (Lipinski definition) is 1. The number of nitrogens with zero attached hydrogens (tertiary/aromatic N) is 2. The summed E-state index contributed by atoms with van der Waals surface area (Å²) in [4.78, 5) is 0. The van der Waals surface area contributed by atoms with Gasteiger partial charge in [0, 0.05) is 25.3 Å². The highest BCUT2D eigenvalue weighted by Gasteiger charge is 2.41. The molecular formula is C12H18F3N3. The van der Waals surface area contributed by atoms with E-state index in [2.05, 4.69) is 10.4 Å². The van der Waals surface area contributed by atoms with Crippen LogP contribution in [0, 0.1) is 5.92 Å². The van der Waals surface area contributed by atoms with Crippen LogP contribution in [0.2, 0.25) is 0 Å². The number of nitrogens with one attached hydrogen (secondary N) is 1. The van der Waals surface area contributed by atoms with Gasteiger partial charge in [0.05, 0.1) is 12.1 Å². The second-order valence-corrected chi connectivity index (χ2v) is 4.83. The minimum Gasteiger partial charge on any atom is -0.313 e. The van der Waals surface area contributed by atoms with E-state index in [9.17, 15) is 13.2 Å². The SMILES string of the molecule is CCn1cc(CC2CCC(C(F)(F)F)CN2)cn1. The Morgan fingerprint density at radius 1 is 1.44 bits per heavy atom. The second kappa shape index (κ2) is 5.30. The van der Waals surface area contributed by atoms with Crippen molar-refractivity contribution < 1.29 is 13.2 Å². The van der Waals surface area contributed by atoms with Gasteiger partial charge in [-0.3, -0.25) is 4.68 Å². The molecule has 1 saturated heterocycles. The van der Waals surface area contributed by atoms with Crippen molar-refractivity contribution in [2.45, 2.75) is 44.9 Å². The van der Waals surface area contributed by atoms with Crippen LogP contribution in [-0.4, -0.2) is 28.5 Å².